The van der Waals surface area contributed by atoms with Crippen molar-refractivity contribution in [2.45, 2.75) is 33.7 Å². The lowest BCUT2D eigenvalue weighted by Crippen LogP contribution is -2.43. The second kappa shape index (κ2) is 10.6. The molecular weight excluding hydrogens is 376 g/mol. The molecule has 1 amide bonds. The van der Waals surface area contributed by atoms with E-state index in [1.54, 1.807) is 0 Å². The van der Waals surface area contributed by atoms with Crippen molar-refractivity contribution in [1.29, 1.82) is 0 Å². The summed E-state index contributed by atoms with van der Waals surface area (Å²) < 4.78 is 11.4. The molecular formula is C25H34N2O3. The molecule has 0 atom stereocenters. The number of hydrogen-bond acceptors (Lipinski definition) is 4. The molecule has 0 unspecified atom stereocenters. The van der Waals surface area contributed by atoms with Crippen molar-refractivity contribution in [2.24, 2.45) is 5.41 Å². The lowest BCUT2D eigenvalue weighted by atomic mass is 9.91. The summed E-state index contributed by atoms with van der Waals surface area (Å²) in [5.74, 6) is 1.79. The van der Waals surface area contributed by atoms with Gasteiger partial charge in [0.2, 0.25) is 5.91 Å². The zero-order chi connectivity index (χ0) is 21.4. The summed E-state index contributed by atoms with van der Waals surface area (Å²) in [6.07, 6.45) is 0.538. The quantitative estimate of drug-likeness (QED) is 0.639. The Morgan fingerprint density at radius 3 is 2.43 bits per heavy atom. The maximum Gasteiger partial charge on any atom is 0.223 e. The molecule has 3 rings (SSSR count). The molecule has 162 valence electrons. The molecule has 0 bridgehead atoms. The molecule has 0 aliphatic carbocycles. The molecule has 1 aliphatic heterocycles. The molecule has 2 aromatic carbocycles. The predicted octanol–water partition coefficient (Wildman–Crippen LogP) is 4.58. The van der Waals surface area contributed by atoms with Gasteiger partial charge in [-0.25, -0.2) is 0 Å². The van der Waals surface area contributed by atoms with Crippen LogP contribution in [0.5, 0.6) is 11.5 Å². The Morgan fingerprint density at radius 2 is 1.73 bits per heavy atom. The Bertz CT molecular complexity index is 796. The number of rotatable bonds is 8. The van der Waals surface area contributed by atoms with E-state index in [0.717, 1.165) is 56.5 Å². The number of para-hydroxylation sites is 1. The lowest BCUT2D eigenvalue weighted by Gasteiger charge is -2.31. The molecule has 1 fully saturated rings. The van der Waals surface area contributed by atoms with Crippen LogP contribution in [0.1, 0.15) is 32.8 Å². The van der Waals surface area contributed by atoms with E-state index >= 15 is 0 Å². The highest BCUT2D eigenvalue weighted by molar-refractivity contribution is 5.76. The van der Waals surface area contributed by atoms with Gasteiger partial charge in [-0.05, 0) is 35.2 Å². The zero-order valence-corrected chi connectivity index (χ0v) is 18.5. The summed E-state index contributed by atoms with van der Waals surface area (Å²) in [5.41, 5.74) is 1.04. The van der Waals surface area contributed by atoms with Gasteiger partial charge in [-0.2, -0.15) is 0 Å². The van der Waals surface area contributed by atoms with Crippen molar-refractivity contribution in [1.82, 2.24) is 9.80 Å². The van der Waals surface area contributed by atoms with Crippen LogP contribution in [0.3, 0.4) is 0 Å². The number of morpholine rings is 1. The highest BCUT2D eigenvalue weighted by Crippen LogP contribution is 2.24. The average molecular weight is 411 g/mol. The predicted molar refractivity (Wildman–Crippen MR) is 120 cm³/mol. The first-order valence-corrected chi connectivity index (χ1v) is 10.8. The van der Waals surface area contributed by atoms with E-state index in [0.29, 0.717) is 13.0 Å². The van der Waals surface area contributed by atoms with Gasteiger partial charge < -0.3 is 14.4 Å². The van der Waals surface area contributed by atoms with E-state index in [9.17, 15) is 4.79 Å². The molecule has 5 heteroatoms. The van der Waals surface area contributed by atoms with E-state index in [1.165, 1.54) is 0 Å². The molecule has 0 N–H and O–H groups in total. The fraction of sp³-hybridized carbons (Fsp3) is 0.480. The molecule has 0 aromatic heterocycles. The van der Waals surface area contributed by atoms with Crippen molar-refractivity contribution in [3.63, 3.8) is 0 Å². The SMILES string of the molecule is CC(C)(C)CC(=O)N(CCN1CCOCC1)Cc1cccc(Oc2ccccc2)c1. The van der Waals surface area contributed by atoms with E-state index in [2.05, 4.69) is 31.7 Å². The number of amides is 1. The maximum atomic E-state index is 13.1. The first kappa shape index (κ1) is 22.3. The topological polar surface area (TPSA) is 42.0 Å². The smallest absolute Gasteiger partial charge is 0.223 e. The van der Waals surface area contributed by atoms with Gasteiger partial charge in [-0.1, -0.05) is 51.1 Å². The zero-order valence-electron chi connectivity index (χ0n) is 18.5. The van der Waals surface area contributed by atoms with Gasteiger partial charge in [-0.15, -0.1) is 0 Å². The summed E-state index contributed by atoms with van der Waals surface area (Å²) in [6, 6.07) is 17.8. The minimum atomic E-state index is -0.0352. The highest BCUT2D eigenvalue weighted by Gasteiger charge is 2.22. The second-order valence-corrected chi connectivity index (χ2v) is 9.07. The molecule has 0 spiro atoms. The minimum absolute atomic E-state index is 0.0352. The third-order valence-corrected chi connectivity index (χ3v) is 5.07. The molecule has 0 radical (unpaired) electrons. The maximum absolute atomic E-state index is 13.1. The molecule has 1 saturated heterocycles. The number of nitrogens with zero attached hydrogens (tertiary/aromatic N) is 2. The van der Waals surface area contributed by atoms with Crippen LogP contribution in [0.4, 0.5) is 0 Å². The van der Waals surface area contributed by atoms with Crippen LogP contribution in [0.25, 0.3) is 0 Å². The highest BCUT2D eigenvalue weighted by atomic mass is 16.5. The largest absolute Gasteiger partial charge is 0.457 e. The normalized spacial score (nSPS) is 15.0. The van der Waals surface area contributed by atoms with E-state index in [-0.39, 0.29) is 11.3 Å². The Hall–Kier alpha value is -2.37. The Kier molecular flexibility index (Phi) is 7.88. The number of benzene rings is 2. The number of ether oxygens (including phenoxy) is 2. The van der Waals surface area contributed by atoms with Crippen LogP contribution in [0.2, 0.25) is 0 Å². The third-order valence-electron chi connectivity index (χ3n) is 5.07. The van der Waals surface area contributed by atoms with Gasteiger partial charge in [0.05, 0.1) is 13.2 Å². The average Bonchev–Trinajstić information content (AvgIpc) is 2.71. The Labute approximate surface area is 180 Å². The molecule has 2 aromatic rings. The molecule has 1 aliphatic rings. The second-order valence-electron chi connectivity index (χ2n) is 9.07. The summed E-state index contributed by atoms with van der Waals surface area (Å²) in [7, 11) is 0. The monoisotopic (exact) mass is 410 g/mol. The van der Waals surface area contributed by atoms with E-state index < -0.39 is 0 Å². The van der Waals surface area contributed by atoms with Crippen LogP contribution >= 0.6 is 0 Å². The number of hydrogen-bond donors (Lipinski definition) is 0. The van der Waals surface area contributed by atoms with Crippen molar-refractivity contribution >= 4 is 5.91 Å². The summed E-state index contributed by atoms with van der Waals surface area (Å²) in [4.78, 5) is 17.4. The Balaban J connectivity index is 1.67. The fourth-order valence-electron chi connectivity index (χ4n) is 3.50. The fourth-order valence-corrected chi connectivity index (χ4v) is 3.50. The van der Waals surface area contributed by atoms with Crippen LogP contribution in [0, 0.1) is 5.41 Å². The molecule has 0 saturated carbocycles. The minimum Gasteiger partial charge on any atom is -0.457 e. The van der Waals surface area contributed by atoms with Gasteiger partial charge in [0.15, 0.2) is 0 Å². The lowest BCUT2D eigenvalue weighted by molar-refractivity contribution is -0.134. The Morgan fingerprint density at radius 1 is 1.03 bits per heavy atom. The molecule has 5 nitrogen and oxygen atoms in total. The van der Waals surface area contributed by atoms with Crippen LogP contribution in [-0.4, -0.2) is 55.1 Å². The van der Waals surface area contributed by atoms with Crippen LogP contribution in [-0.2, 0) is 16.1 Å². The number of carbonyl (C=O) groups excluding carboxylic acids is 1. The van der Waals surface area contributed by atoms with Crippen LogP contribution in [0.15, 0.2) is 54.6 Å². The van der Waals surface area contributed by atoms with E-state index in [4.69, 9.17) is 9.47 Å². The standard InChI is InChI=1S/C25H34N2O3/c1-25(2,3)19-24(28)27(13-12-26-14-16-29-17-15-26)20-21-8-7-11-23(18-21)30-22-9-5-4-6-10-22/h4-11,18H,12-17,19-20H2,1-3H3. The summed E-state index contributed by atoms with van der Waals surface area (Å²) >= 11 is 0. The van der Waals surface area contributed by atoms with Gasteiger partial charge in [-0.3, -0.25) is 9.69 Å². The molecule has 1 heterocycles. The van der Waals surface area contributed by atoms with Gasteiger partial charge in [0.25, 0.3) is 0 Å². The third kappa shape index (κ3) is 7.47. The van der Waals surface area contributed by atoms with Crippen molar-refractivity contribution in [2.75, 3.05) is 39.4 Å². The number of carbonyl (C=O) groups is 1. The summed E-state index contributed by atoms with van der Waals surface area (Å²) in [6.45, 7) is 11.9. The van der Waals surface area contributed by atoms with Crippen LogP contribution < -0.4 is 4.74 Å². The van der Waals surface area contributed by atoms with E-state index in [1.807, 2.05) is 53.4 Å². The van der Waals surface area contributed by atoms with Crippen molar-refractivity contribution in [3.05, 3.63) is 60.2 Å². The summed E-state index contributed by atoms with van der Waals surface area (Å²) in [5, 5.41) is 0. The van der Waals surface area contributed by atoms with Gasteiger partial charge in [0, 0.05) is 39.1 Å². The van der Waals surface area contributed by atoms with Crippen molar-refractivity contribution in [3.8, 4) is 11.5 Å². The molecule has 30 heavy (non-hydrogen) atoms. The van der Waals surface area contributed by atoms with Gasteiger partial charge >= 0.3 is 0 Å². The van der Waals surface area contributed by atoms with Crippen molar-refractivity contribution < 1.29 is 14.3 Å². The first-order valence-electron chi connectivity index (χ1n) is 10.8. The first-order chi connectivity index (χ1) is 14.4. The van der Waals surface area contributed by atoms with Gasteiger partial charge in [0.1, 0.15) is 11.5 Å².